The highest BCUT2D eigenvalue weighted by Gasteiger charge is 2.33. The molecule has 0 aromatic heterocycles. The van der Waals surface area contributed by atoms with E-state index in [1.165, 1.54) is 0 Å². The molecule has 11 heteroatoms. The van der Waals surface area contributed by atoms with Crippen molar-refractivity contribution in [1.82, 2.24) is 0 Å². The molecule has 2 aromatic carbocycles. The topological polar surface area (TPSA) is 32.3 Å². The summed E-state index contributed by atoms with van der Waals surface area (Å²) >= 11 is 0. The summed E-state index contributed by atoms with van der Waals surface area (Å²) in [6.07, 6.45) is -2.44. The van der Waals surface area contributed by atoms with Gasteiger partial charge in [-0.05, 0) is 37.5 Å². The van der Waals surface area contributed by atoms with Crippen molar-refractivity contribution in [3.05, 3.63) is 58.4 Å². The molecule has 0 spiro atoms. The Hall–Kier alpha value is -2.85. The van der Waals surface area contributed by atoms with Crippen LogP contribution in [0.1, 0.15) is 35.2 Å². The van der Waals surface area contributed by atoms with E-state index in [2.05, 4.69) is 0 Å². The molecule has 1 N–H and O–H groups in total. The molecule has 1 aliphatic heterocycles. The lowest BCUT2D eigenvalue weighted by atomic mass is 10.1. The van der Waals surface area contributed by atoms with Crippen molar-refractivity contribution in [2.75, 3.05) is 23.3 Å². The smallest absolute Gasteiger partial charge is 0.370 e. The van der Waals surface area contributed by atoms with Gasteiger partial charge in [-0.25, -0.2) is 22.0 Å². The van der Waals surface area contributed by atoms with Crippen molar-refractivity contribution in [2.24, 2.45) is 0 Å². The molecule has 0 aliphatic carbocycles. The van der Waals surface area contributed by atoms with Crippen LogP contribution in [-0.4, -0.2) is 19.0 Å². The van der Waals surface area contributed by atoms with Crippen molar-refractivity contribution in [1.29, 1.82) is 0 Å². The van der Waals surface area contributed by atoms with Gasteiger partial charge in [-0.15, -0.1) is 0 Å². The quantitative estimate of drug-likeness (QED) is 0.382. The average molecular weight is 438 g/mol. The molecule has 2 aromatic rings. The van der Waals surface area contributed by atoms with Crippen LogP contribution in [0.3, 0.4) is 0 Å². The van der Waals surface area contributed by atoms with Crippen LogP contribution < -0.4 is 10.2 Å². The van der Waals surface area contributed by atoms with E-state index in [4.69, 9.17) is 0 Å². The number of rotatable bonds is 3. The van der Waals surface area contributed by atoms with Gasteiger partial charge < -0.3 is 10.2 Å². The molecule has 0 bridgehead atoms. The number of halogens is 8. The number of carbonyl (C=O) groups is 1. The Morgan fingerprint density at radius 1 is 0.833 bits per heavy atom. The number of piperidine rings is 1. The average Bonchev–Trinajstić information content (AvgIpc) is 2.71. The van der Waals surface area contributed by atoms with E-state index in [1.54, 1.807) is 4.90 Å². The summed E-state index contributed by atoms with van der Waals surface area (Å²) < 4.78 is 107. The summed E-state index contributed by atoms with van der Waals surface area (Å²) in [6, 6.07) is 2.41. The summed E-state index contributed by atoms with van der Waals surface area (Å²) in [5.74, 6) is -13.6. The minimum atomic E-state index is -4.79. The predicted octanol–water partition coefficient (Wildman–Crippen LogP) is 5.64. The molecular weight excluding hydrogens is 424 g/mol. The van der Waals surface area contributed by atoms with Gasteiger partial charge in [0.25, 0.3) is 5.91 Å². The van der Waals surface area contributed by atoms with Crippen LogP contribution in [-0.2, 0) is 6.18 Å². The zero-order valence-electron chi connectivity index (χ0n) is 15.1. The largest absolute Gasteiger partial charge is 0.416 e. The zero-order valence-corrected chi connectivity index (χ0v) is 15.1. The Kier molecular flexibility index (Phi) is 5.91. The lowest BCUT2D eigenvalue weighted by Crippen LogP contribution is -2.31. The summed E-state index contributed by atoms with van der Waals surface area (Å²) in [5, 5.41) is 1.88. The van der Waals surface area contributed by atoms with E-state index in [1.807, 2.05) is 5.32 Å². The molecule has 0 unspecified atom stereocenters. The maximum atomic E-state index is 13.9. The van der Waals surface area contributed by atoms with Crippen molar-refractivity contribution < 1.29 is 39.9 Å². The van der Waals surface area contributed by atoms with E-state index in [9.17, 15) is 39.9 Å². The fraction of sp³-hybridized carbons (Fsp3) is 0.316. The van der Waals surface area contributed by atoms with Crippen LogP contribution in [0.25, 0.3) is 0 Å². The van der Waals surface area contributed by atoms with Crippen molar-refractivity contribution >= 4 is 17.3 Å². The zero-order chi connectivity index (χ0) is 22.2. The molecule has 162 valence electrons. The van der Waals surface area contributed by atoms with E-state index >= 15 is 0 Å². The Morgan fingerprint density at radius 3 is 1.90 bits per heavy atom. The molecule has 1 amide bonds. The molecule has 1 saturated heterocycles. The van der Waals surface area contributed by atoms with Gasteiger partial charge in [-0.1, -0.05) is 0 Å². The number of anilines is 2. The first-order valence-electron chi connectivity index (χ1n) is 8.81. The normalized spacial score (nSPS) is 14.7. The minimum Gasteiger partial charge on any atom is -0.370 e. The van der Waals surface area contributed by atoms with Gasteiger partial charge in [-0.3, -0.25) is 4.79 Å². The SMILES string of the molecule is O=C(Nc1cc(C(F)(F)F)ccc1N1CCCCC1)c1c(F)c(F)c(F)c(F)c1F. The van der Waals surface area contributed by atoms with Gasteiger partial charge >= 0.3 is 6.18 Å². The number of carbonyl (C=O) groups excluding carboxylic acids is 1. The second kappa shape index (κ2) is 8.11. The van der Waals surface area contributed by atoms with Crippen LogP contribution >= 0.6 is 0 Å². The molecule has 0 radical (unpaired) electrons. The molecule has 0 saturated carbocycles. The van der Waals surface area contributed by atoms with Crippen molar-refractivity contribution in [3.8, 4) is 0 Å². The number of alkyl halides is 3. The highest BCUT2D eigenvalue weighted by Crippen LogP contribution is 2.37. The fourth-order valence-electron chi connectivity index (χ4n) is 3.21. The lowest BCUT2D eigenvalue weighted by Gasteiger charge is -2.31. The van der Waals surface area contributed by atoms with E-state index in [0.29, 0.717) is 19.2 Å². The number of hydrogen-bond donors (Lipinski definition) is 1. The lowest BCUT2D eigenvalue weighted by molar-refractivity contribution is -0.137. The number of nitrogens with one attached hydrogen (secondary N) is 1. The molecular formula is C19H14F8N2O. The molecule has 30 heavy (non-hydrogen) atoms. The monoisotopic (exact) mass is 438 g/mol. The van der Waals surface area contributed by atoms with Crippen molar-refractivity contribution in [2.45, 2.75) is 25.4 Å². The third kappa shape index (κ3) is 4.05. The summed E-state index contributed by atoms with van der Waals surface area (Å²) in [7, 11) is 0. The molecule has 1 aliphatic rings. The molecule has 3 nitrogen and oxygen atoms in total. The van der Waals surface area contributed by atoms with Gasteiger partial charge in [0.2, 0.25) is 5.82 Å². The van der Waals surface area contributed by atoms with E-state index in [0.717, 1.165) is 31.4 Å². The van der Waals surface area contributed by atoms with Gasteiger partial charge in [0.05, 0.1) is 16.9 Å². The van der Waals surface area contributed by atoms with E-state index in [-0.39, 0.29) is 5.69 Å². The van der Waals surface area contributed by atoms with Crippen LogP contribution in [0.5, 0.6) is 0 Å². The van der Waals surface area contributed by atoms with Crippen LogP contribution in [0.4, 0.5) is 46.5 Å². The molecule has 3 rings (SSSR count). The minimum absolute atomic E-state index is 0.139. The molecule has 0 atom stereocenters. The predicted molar refractivity (Wildman–Crippen MR) is 91.7 cm³/mol. The van der Waals surface area contributed by atoms with Crippen LogP contribution in [0.2, 0.25) is 0 Å². The first kappa shape index (κ1) is 21.8. The third-order valence-electron chi connectivity index (χ3n) is 4.71. The van der Waals surface area contributed by atoms with Gasteiger partial charge in [-0.2, -0.15) is 13.2 Å². The number of benzene rings is 2. The number of hydrogen-bond acceptors (Lipinski definition) is 2. The maximum Gasteiger partial charge on any atom is 0.416 e. The first-order chi connectivity index (χ1) is 14.0. The summed E-state index contributed by atoms with van der Waals surface area (Å²) in [6.45, 7) is 0.910. The van der Waals surface area contributed by atoms with E-state index < -0.39 is 58.0 Å². The van der Waals surface area contributed by atoms with Gasteiger partial charge in [0.15, 0.2) is 23.3 Å². The van der Waals surface area contributed by atoms with Gasteiger partial charge in [0.1, 0.15) is 5.56 Å². The summed E-state index contributed by atoms with van der Waals surface area (Å²) in [4.78, 5) is 14.0. The first-order valence-corrected chi connectivity index (χ1v) is 8.81. The Bertz CT molecular complexity index is 954. The van der Waals surface area contributed by atoms with Crippen molar-refractivity contribution in [3.63, 3.8) is 0 Å². The Morgan fingerprint density at radius 2 is 1.37 bits per heavy atom. The van der Waals surface area contributed by atoms with Crippen LogP contribution in [0, 0.1) is 29.1 Å². The van der Waals surface area contributed by atoms with Crippen LogP contribution in [0.15, 0.2) is 18.2 Å². The Labute approximate surface area is 165 Å². The maximum absolute atomic E-state index is 13.9. The third-order valence-corrected chi connectivity index (χ3v) is 4.71. The highest BCUT2D eigenvalue weighted by molar-refractivity contribution is 6.06. The second-order valence-electron chi connectivity index (χ2n) is 6.68. The molecule has 1 heterocycles. The summed E-state index contributed by atoms with van der Waals surface area (Å²) in [5.41, 5.74) is -3.26. The Balaban J connectivity index is 2.06. The number of nitrogens with zero attached hydrogens (tertiary/aromatic N) is 1. The highest BCUT2D eigenvalue weighted by atomic mass is 19.4. The number of amides is 1. The van der Waals surface area contributed by atoms with Gasteiger partial charge in [0, 0.05) is 13.1 Å². The fourth-order valence-corrected chi connectivity index (χ4v) is 3.21. The standard InChI is InChI=1S/C19H14F8N2O/c20-13-12(14(21)16(23)17(24)15(13)22)18(30)28-10-8-9(19(25,26)27)4-5-11(10)29-6-2-1-3-7-29/h4-5,8H,1-3,6-7H2,(H,28,30). The second-order valence-corrected chi connectivity index (χ2v) is 6.68. The molecule has 1 fully saturated rings.